The zero-order valence-electron chi connectivity index (χ0n) is 12.1. The van der Waals surface area contributed by atoms with Crippen LogP contribution >= 0.6 is 0 Å². The maximum Gasteiger partial charge on any atom is 0.223 e. The number of aromatic nitrogens is 2. The Morgan fingerprint density at radius 1 is 1.38 bits per heavy atom. The molecule has 1 aromatic heterocycles. The zero-order valence-corrected chi connectivity index (χ0v) is 12.1. The zero-order chi connectivity index (χ0) is 14.7. The van der Waals surface area contributed by atoms with Gasteiger partial charge in [-0.3, -0.25) is 4.79 Å². The number of nitrogens with one attached hydrogen (secondary N) is 1. The molecule has 21 heavy (non-hydrogen) atoms. The summed E-state index contributed by atoms with van der Waals surface area (Å²) < 4.78 is 5.13. The van der Waals surface area contributed by atoms with Gasteiger partial charge in [-0.2, -0.15) is 0 Å². The van der Waals surface area contributed by atoms with E-state index >= 15 is 0 Å². The number of rotatable bonds is 4. The molecular formula is C16H19N3O2. The highest BCUT2D eigenvalue weighted by atomic mass is 16.5. The number of H-pyrrole nitrogens is 1. The summed E-state index contributed by atoms with van der Waals surface area (Å²) in [5.41, 5.74) is 3.32. The maximum atomic E-state index is 12.3. The molecule has 0 aliphatic carbocycles. The van der Waals surface area contributed by atoms with Gasteiger partial charge in [-0.15, -0.1) is 0 Å². The van der Waals surface area contributed by atoms with Crippen LogP contribution in [-0.4, -0.2) is 34.4 Å². The molecule has 0 saturated heterocycles. The normalized spacial score (nSPS) is 13.9. The number of imidazole rings is 1. The molecule has 5 nitrogen and oxygen atoms in total. The molecule has 110 valence electrons. The second kappa shape index (κ2) is 5.99. The molecule has 3 rings (SSSR count). The van der Waals surface area contributed by atoms with E-state index in [-0.39, 0.29) is 5.91 Å². The molecule has 1 aliphatic rings. The topological polar surface area (TPSA) is 58.2 Å². The fraction of sp³-hybridized carbons (Fsp3) is 0.375. The number of hydrogen-bond acceptors (Lipinski definition) is 3. The van der Waals surface area contributed by atoms with Crippen LogP contribution in [0.2, 0.25) is 0 Å². The molecule has 0 spiro atoms. The van der Waals surface area contributed by atoms with Gasteiger partial charge in [0.2, 0.25) is 5.91 Å². The summed E-state index contributed by atoms with van der Waals surface area (Å²) >= 11 is 0. The smallest absolute Gasteiger partial charge is 0.223 e. The Morgan fingerprint density at radius 2 is 2.19 bits per heavy atom. The van der Waals surface area contributed by atoms with Crippen molar-refractivity contribution in [3.63, 3.8) is 0 Å². The summed E-state index contributed by atoms with van der Waals surface area (Å²) in [5.74, 6) is 1.04. The maximum absolute atomic E-state index is 12.3. The van der Waals surface area contributed by atoms with E-state index in [4.69, 9.17) is 4.74 Å². The Morgan fingerprint density at radius 3 is 2.95 bits per heavy atom. The van der Waals surface area contributed by atoms with E-state index in [1.807, 2.05) is 29.2 Å². The van der Waals surface area contributed by atoms with Crippen molar-refractivity contribution in [3.8, 4) is 5.75 Å². The first-order valence-corrected chi connectivity index (χ1v) is 7.18. The standard InChI is InChI=1S/C16H19N3O2/c1-21-13-5-2-12(3-6-13)4-7-16(20)19-9-8-14-15(10-19)18-11-17-14/h2-3,5-6,11H,4,7-10H2,1H3,(H,17,18). The van der Waals surface area contributed by atoms with Crippen LogP contribution in [0, 0.1) is 0 Å². The van der Waals surface area contributed by atoms with Crippen LogP contribution in [0.4, 0.5) is 0 Å². The SMILES string of the molecule is COc1ccc(CCC(=O)N2CCc3nc[nH]c3C2)cc1. The van der Waals surface area contributed by atoms with Gasteiger partial charge in [-0.05, 0) is 24.1 Å². The molecule has 0 bridgehead atoms. The van der Waals surface area contributed by atoms with Crippen LogP contribution in [0.25, 0.3) is 0 Å². The van der Waals surface area contributed by atoms with Gasteiger partial charge >= 0.3 is 0 Å². The highest BCUT2D eigenvalue weighted by molar-refractivity contribution is 5.76. The lowest BCUT2D eigenvalue weighted by molar-refractivity contribution is -0.132. The van der Waals surface area contributed by atoms with Crippen molar-refractivity contribution in [3.05, 3.63) is 47.5 Å². The van der Waals surface area contributed by atoms with E-state index in [0.29, 0.717) is 13.0 Å². The first-order valence-electron chi connectivity index (χ1n) is 7.18. The first-order chi connectivity index (χ1) is 10.3. The van der Waals surface area contributed by atoms with E-state index in [2.05, 4.69) is 9.97 Å². The molecule has 0 radical (unpaired) electrons. The number of methoxy groups -OCH3 is 1. The lowest BCUT2D eigenvalue weighted by Gasteiger charge is -2.26. The third kappa shape index (κ3) is 3.07. The molecule has 2 heterocycles. The lowest BCUT2D eigenvalue weighted by atomic mass is 10.1. The highest BCUT2D eigenvalue weighted by Crippen LogP contribution is 2.17. The number of nitrogens with zero attached hydrogens (tertiary/aromatic N) is 2. The second-order valence-corrected chi connectivity index (χ2v) is 5.24. The minimum atomic E-state index is 0.200. The van der Waals surface area contributed by atoms with Crippen LogP contribution in [0.15, 0.2) is 30.6 Å². The largest absolute Gasteiger partial charge is 0.497 e. The molecule has 1 aliphatic heterocycles. The molecule has 0 fully saturated rings. The number of carbonyl (C=O) groups excluding carboxylic acids is 1. The van der Waals surface area contributed by atoms with Crippen molar-refractivity contribution in [1.29, 1.82) is 0 Å². The van der Waals surface area contributed by atoms with Crippen LogP contribution in [0.3, 0.4) is 0 Å². The molecular weight excluding hydrogens is 266 g/mol. The van der Waals surface area contributed by atoms with Crippen molar-refractivity contribution in [2.45, 2.75) is 25.8 Å². The van der Waals surface area contributed by atoms with Gasteiger partial charge in [-0.1, -0.05) is 12.1 Å². The van der Waals surface area contributed by atoms with Gasteiger partial charge in [0.15, 0.2) is 0 Å². The summed E-state index contributed by atoms with van der Waals surface area (Å²) in [4.78, 5) is 21.6. The Hall–Kier alpha value is -2.30. The molecule has 1 amide bonds. The van der Waals surface area contributed by atoms with E-state index in [1.165, 1.54) is 0 Å². The van der Waals surface area contributed by atoms with Gasteiger partial charge in [-0.25, -0.2) is 4.98 Å². The number of aryl methyl sites for hydroxylation is 1. The Bertz CT molecular complexity index is 619. The summed E-state index contributed by atoms with van der Waals surface area (Å²) in [6, 6.07) is 7.87. The molecule has 2 aromatic rings. The average Bonchev–Trinajstić information content (AvgIpc) is 3.00. The van der Waals surface area contributed by atoms with Crippen LogP contribution in [-0.2, 0) is 24.2 Å². The predicted molar refractivity (Wildman–Crippen MR) is 79.0 cm³/mol. The molecule has 1 N–H and O–H groups in total. The summed E-state index contributed by atoms with van der Waals surface area (Å²) in [7, 11) is 1.65. The molecule has 0 atom stereocenters. The van der Waals surface area contributed by atoms with Crippen LogP contribution in [0.5, 0.6) is 5.75 Å². The van der Waals surface area contributed by atoms with Gasteiger partial charge in [0.1, 0.15) is 5.75 Å². The minimum absolute atomic E-state index is 0.200. The minimum Gasteiger partial charge on any atom is -0.497 e. The number of benzene rings is 1. The number of amides is 1. The molecule has 0 saturated carbocycles. The number of hydrogen-bond donors (Lipinski definition) is 1. The van der Waals surface area contributed by atoms with Gasteiger partial charge in [0, 0.05) is 19.4 Å². The number of fused-ring (bicyclic) bond motifs is 1. The quantitative estimate of drug-likeness (QED) is 0.934. The lowest BCUT2D eigenvalue weighted by Crippen LogP contribution is -2.36. The van der Waals surface area contributed by atoms with Crippen molar-refractivity contribution in [2.24, 2.45) is 0 Å². The fourth-order valence-electron chi connectivity index (χ4n) is 2.63. The third-order valence-electron chi connectivity index (χ3n) is 3.91. The summed E-state index contributed by atoms with van der Waals surface area (Å²) in [6.45, 7) is 1.41. The molecule has 1 aromatic carbocycles. The van der Waals surface area contributed by atoms with Crippen molar-refractivity contribution >= 4 is 5.91 Å². The summed E-state index contributed by atoms with van der Waals surface area (Å²) in [6.07, 6.45) is 3.84. The van der Waals surface area contributed by atoms with E-state index in [9.17, 15) is 4.79 Å². The first kappa shape index (κ1) is 13.7. The molecule has 5 heteroatoms. The highest BCUT2D eigenvalue weighted by Gasteiger charge is 2.21. The Balaban J connectivity index is 1.54. The number of aromatic amines is 1. The monoisotopic (exact) mass is 285 g/mol. The van der Waals surface area contributed by atoms with Crippen molar-refractivity contribution in [2.75, 3.05) is 13.7 Å². The summed E-state index contributed by atoms with van der Waals surface area (Å²) in [5, 5.41) is 0. The van der Waals surface area contributed by atoms with Gasteiger partial charge < -0.3 is 14.6 Å². The van der Waals surface area contributed by atoms with Crippen molar-refractivity contribution < 1.29 is 9.53 Å². The van der Waals surface area contributed by atoms with E-state index in [1.54, 1.807) is 13.4 Å². The van der Waals surface area contributed by atoms with E-state index < -0.39 is 0 Å². The van der Waals surface area contributed by atoms with Gasteiger partial charge in [0.25, 0.3) is 0 Å². The number of carbonyl (C=O) groups is 1. The Labute approximate surface area is 124 Å². The van der Waals surface area contributed by atoms with Crippen molar-refractivity contribution in [1.82, 2.24) is 14.9 Å². The number of ether oxygens (including phenoxy) is 1. The van der Waals surface area contributed by atoms with Gasteiger partial charge in [0.05, 0.1) is 31.4 Å². The predicted octanol–water partition coefficient (Wildman–Crippen LogP) is 1.94. The third-order valence-corrected chi connectivity index (χ3v) is 3.91. The molecule has 0 unspecified atom stereocenters. The van der Waals surface area contributed by atoms with E-state index in [0.717, 1.165) is 42.1 Å². The second-order valence-electron chi connectivity index (χ2n) is 5.24. The van der Waals surface area contributed by atoms with Crippen LogP contribution < -0.4 is 4.74 Å². The van der Waals surface area contributed by atoms with Crippen LogP contribution in [0.1, 0.15) is 23.4 Å². The fourth-order valence-corrected chi connectivity index (χ4v) is 2.63. The Kier molecular flexibility index (Phi) is 3.90. The average molecular weight is 285 g/mol.